The predicted octanol–water partition coefficient (Wildman–Crippen LogP) is 0.278. The molecule has 1 aromatic carbocycles. The highest BCUT2D eigenvalue weighted by atomic mass is 16.4. The molecule has 5 nitrogen and oxygen atoms in total. The summed E-state index contributed by atoms with van der Waals surface area (Å²) in [6, 6.07) is 7.76. The fraction of sp³-hybridized carbons (Fsp3) is 0.385. The number of carboxylic acid groups (broad SMARTS) is 1. The van der Waals surface area contributed by atoms with E-state index in [4.69, 9.17) is 10.2 Å². The molecule has 1 aliphatic carbocycles. The summed E-state index contributed by atoms with van der Waals surface area (Å²) < 4.78 is 0. The third-order valence-corrected chi connectivity index (χ3v) is 3.17. The van der Waals surface area contributed by atoms with Crippen LogP contribution in [0.3, 0.4) is 0 Å². The van der Waals surface area contributed by atoms with Gasteiger partial charge in [0.05, 0.1) is 5.92 Å². The molecule has 2 atom stereocenters. The van der Waals surface area contributed by atoms with E-state index in [9.17, 15) is 9.59 Å². The van der Waals surface area contributed by atoms with Gasteiger partial charge < -0.3 is 15.5 Å². The number of nitrogens with one attached hydrogen (secondary N) is 1. The number of carbonyl (C=O) groups is 2. The van der Waals surface area contributed by atoms with E-state index in [1.165, 1.54) is 5.56 Å². The molecule has 0 heterocycles. The molecule has 96 valence electrons. The number of rotatable bonds is 5. The fourth-order valence-corrected chi connectivity index (χ4v) is 2.07. The predicted molar refractivity (Wildman–Crippen MR) is 64.2 cm³/mol. The van der Waals surface area contributed by atoms with E-state index in [0.29, 0.717) is 0 Å². The van der Waals surface area contributed by atoms with Gasteiger partial charge in [0.15, 0.2) is 6.10 Å². The Balaban J connectivity index is 1.79. The minimum absolute atomic E-state index is 0.0233. The van der Waals surface area contributed by atoms with Gasteiger partial charge in [-0.3, -0.25) is 4.79 Å². The van der Waals surface area contributed by atoms with Crippen LogP contribution in [-0.2, 0) is 16.0 Å². The Kier molecular flexibility index (Phi) is 3.62. The maximum atomic E-state index is 11.8. The van der Waals surface area contributed by atoms with Gasteiger partial charge in [0, 0.05) is 13.0 Å². The number of benzene rings is 1. The Hall–Kier alpha value is -1.88. The zero-order valence-electron chi connectivity index (χ0n) is 9.80. The molecular formula is C13H15NO4. The topological polar surface area (TPSA) is 86.6 Å². The smallest absolute Gasteiger partial charge is 0.332 e. The van der Waals surface area contributed by atoms with E-state index in [-0.39, 0.29) is 24.8 Å². The number of aliphatic hydroxyl groups is 1. The molecule has 0 saturated carbocycles. The summed E-state index contributed by atoms with van der Waals surface area (Å²) in [5.74, 6) is -1.51. The molecule has 0 radical (unpaired) electrons. The van der Waals surface area contributed by atoms with Gasteiger partial charge in [-0.25, -0.2) is 4.79 Å². The van der Waals surface area contributed by atoms with Crippen LogP contribution in [0.25, 0.3) is 0 Å². The highest BCUT2D eigenvalue weighted by Crippen LogP contribution is 2.34. The summed E-state index contributed by atoms with van der Waals surface area (Å²) in [5.41, 5.74) is 2.22. The minimum Gasteiger partial charge on any atom is -0.479 e. The van der Waals surface area contributed by atoms with Gasteiger partial charge in [-0.05, 0) is 17.5 Å². The standard InChI is InChI=1S/C13H15NO4/c15-11(13(17)18)5-6-14-12(16)10-7-8-3-1-2-4-9(8)10/h1-4,10-11,15H,5-7H2,(H,14,16)(H,17,18). The highest BCUT2D eigenvalue weighted by molar-refractivity contribution is 5.86. The SMILES string of the molecule is O=C(O)C(O)CCNC(=O)C1Cc2ccccc21. The van der Waals surface area contributed by atoms with Crippen molar-refractivity contribution in [2.24, 2.45) is 0 Å². The third kappa shape index (κ3) is 2.51. The van der Waals surface area contributed by atoms with Gasteiger partial charge in [0.1, 0.15) is 0 Å². The summed E-state index contributed by atoms with van der Waals surface area (Å²) >= 11 is 0. The number of hydrogen-bond acceptors (Lipinski definition) is 3. The van der Waals surface area contributed by atoms with E-state index in [1.807, 2.05) is 24.3 Å². The molecule has 5 heteroatoms. The van der Waals surface area contributed by atoms with Crippen molar-refractivity contribution in [1.82, 2.24) is 5.32 Å². The normalized spacial score (nSPS) is 18.4. The summed E-state index contributed by atoms with van der Waals surface area (Å²) in [4.78, 5) is 22.2. The van der Waals surface area contributed by atoms with Gasteiger partial charge in [0.2, 0.25) is 5.91 Å². The molecule has 0 spiro atoms. The van der Waals surface area contributed by atoms with Gasteiger partial charge in [0.25, 0.3) is 0 Å². The lowest BCUT2D eigenvalue weighted by Gasteiger charge is -2.28. The van der Waals surface area contributed by atoms with Crippen molar-refractivity contribution < 1.29 is 19.8 Å². The van der Waals surface area contributed by atoms with Crippen LogP contribution in [0.15, 0.2) is 24.3 Å². The summed E-state index contributed by atoms with van der Waals surface area (Å²) in [5, 5.41) is 20.2. The van der Waals surface area contributed by atoms with Crippen molar-refractivity contribution in [3.63, 3.8) is 0 Å². The van der Waals surface area contributed by atoms with Crippen LogP contribution in [0.1, 0.15) is 23.5 Å². The first-order valence-corrected chi connectivity index (χ1v) is 5.86. The van der Waals surface area contributed by atoms with Crippen molar-refractivity contribution in [3.8, 4) is 0 Å². The number of fused-ring (bicyclic) bond motifs is 1. The lowest BCUT2D eigenvalue weighted by Crippen LogP contribution is -2.37. The van der Waals surface area contributed by atoms with Gasteiger partial charge >= 0.3 is 5.97 Å². The Morgan fingerprint density at radius 1 is 1.39 bits per heavy atom. The second-order valence-electron chi connectivity index (χ2n) is 4.39. The van der Waals surface area contributed by atoms with E-state index >= 15 is 0 Å². The number of carbonyl (C=O) groups excluding carboxylic acids is 1. The number of carboxylic acids is 1. The van der Waals surface area contributed by atoms with Crippen molar-refractivity contribution in [2.45, 2.75) is 24.9 Å². The Morgan fingerprint density at radius 2 is 2.11 bits per heavy atom. The molecule has 0 fully saturated rings. The summed E-state index contributed by atoms with van der Waals surface area (Å²) in [6.45, 7) is 0.172. The van der Waals surface area contributed by atoms with Crippen LogP contribution in [0.2, 0.25) is 0 Å². The van der Waals surface area contributed by atoms with E-state index in [1.54, 1.807) is 0 Å². The molecular weight excluding hydrogens is 234 g/mol. The van der Waals surface area contributed by atoms with Crippen molar-refractivity contribution in [2.75, 3.05) is 6.54 Å². The second kappa shape index (κ2) is 5.18. The molecule has 18 heavy (non-hydrogen) atoms. The maximum Gasteiger partial charge on any atom is 0.332 e. The lowest BCUT2D eigenvalue weighted by molar-refractivity contribution is -0.147. The number of amides is 1. The van der Waals surface area contributed by atoms with Crippen molar-refractivity contribution in [3.05, 3.63) is 35.4 Å². The average Bonchev–Trinajstić information content (AvgIpc) is 2.30. The first-order chi connectivity index (χ1) is 8.59. The van der Waals surface area contributed by atoms with Crippen molar-refractivity contribution in [1.29, 1.82) is 0 Å². The van der Waals surface area contributed by atoms with Crippen molar-refractivity contribution >= 4 is 11.9 Å². The molecule has 2 rings (SSSR count). The first kappa shape index (κ1) is 12.6. The molecule has 0 saturated heterocycles. The molecule has 1 aromatic rings. The number of hydrogen-bond donors (Lipinski definition) is 3. The average molecular weight is 249 g/mol. The molecule has 2 unspecified atom stereocenters. The van der Waals surface area contributed by atoms with Crippen LogP contribution in [0.5, 0.6) is 0 Å². The molecule has 0 aliphatic heterocycles. The van der Waals surface area contributed by atoms with Gasteiger partial charge in [-0.1, -0.05) is 24.3 Å². The Bertz CT molecular complexity index is 472. The molecule has 0 aromatic heterocycles. The second-order valence-corrected chi connectivity index (χ2v) is 4.39. The van der Waals surface area contributed by atoms with Gasteiger partial charge in [-0.15, -0.1) is 0 Å². The Labute approximate surface area is 104 Å². The van der Waals surface area contributed by atoms with Crippen LogP contribution in [0, 0.1) is 0 Å². The zero-order chi connectivity index (χ0) is 13.1. The van der Waals surface area contributed by atoms with Crippen LogP contribution in [-0.4, -0.2) is 34.7 Å². The highest BCUT2D eigenvalue weighted by Gasteiger charge is 2.31. The number of aliphatic hydroxyl groups excluding tert-OH is 1. The zero-order valence-corrected chi connectivity index (χ0v) is 9.80. The molecule has 3 N–H and O–H groups in total. The summed E-state index contributed by atoms with van der Waals surface area (Å²) in [6.07, 6.45) is -0.669. The van der Waals surface area contributed by atoms with Crippen LogP contribution >= 0.6 is 0 Å². The molecule has 1 amide bonds. The first-order valence-electron chi connectivity index (χ1n) is 5.86. The fourth-order valence-electron chi connectivity index (χ4n) is 2.07. The monoisotopic (exact) mass is 249 g/mol. The van der Waals surface area contributed by atoms with Crippen LogP contribution < -0.4 is 5.32 Å². The Morgan fingerprint density at radius 3 is 2.78 bits per heavy atom. The molecule has 0 bridgehead atoms. The molecule has 1 aliphatic rings. The lowest BCUT2D eigenvalue weighted by atomic mass is 9.77. The van der Waals surface area contributed by atoms with Gasteiger partial charge in [-0.2, -0.15) is 0 Å². The third-order valence-electron chi connectivity index (χ3n) is 3.17. The quantitative estimate of drug-likeness (QED) is 0.699. The van der Waals surface area contributed by atoms with E-state index in [2.05, 4.69) is 5.32 Å². The van der Waals surface area contributed by atoms with E-state index < -0.39 is 12.1 Å². The maximum absolute atomic E-state index is 11.8. The summed E-state index contributed by atoms with van der Waals surface area (Å²) in [7, 11) is 0. The number of aliphatic carboxylic acids is 1. The largest absolute Gasteiger partial charge is 0.479 e. The minimum atomic E-state index is -1.42. The van der Waals surface area contributed by atoms with Crippen LogP contribution in [0.4, 0.5) is 0 Å². The van der Waals surface area contributed by atoms with E-state index in [0.717, 1.165) is 12.0 Å².